The maximum atomic E-state index is 13.9. The van der Waals surface area contributed by atoms with Gasteiger partial charge in [-0.05, 0) is 52.1 Å². The van der Waals surface area contributed by atoms with Gasteiger partial charge < -0.3 is 0 Å². The number of hydrogen-bond donors (Lipinski definition) is 0. The Morgan fingerprint density at radius 1 is 0.921 bits per heavy atom. The molecule has 2 aliphatic rings. The van der Waals surface area contributed by atoms with Crippen LogP contribution in [0.1, 0.15) is 28.3 Å². The standard InChI is InChI=1S/C29H29ClF2N2O2S2/c1-38(35,36)29(23-14-26(31)16-27(32)15-23)24-18-34(19-24)28(22-6-8-25(30)9-7-22)21-4-2-20(3-5-21)17-33-10-12-37-13-11-33/h2-9,14-16,28H,10-13,17-19H2,1H3. The number of sulfone groups is 1. The van der Waals surface area contributed by atoms with Gasteiger partial charge in [-0.2, -0.15) is 11.8 Å². The van der Waals surface area contributed by atoms with Gasteiger partial charge in [-0.1, -0.05) is 48.0 Å². The molecule has 3 aromatic rings. The van der Waals surface area contributed by atoms with E-state index in [1.807, 2.05) is 36.0 Å². The Hall–Kier alpha value is -2.23. The Labute approximate surface area is 232 Å². The van der Waals surface area contributed by atoms with Crippen molar-refractivity contribution in [1.82, 2.24) is 9.80 Å². The van der Waals surface area contributed by atoms with E-state index in [2.05, 4.69) is 34.1 Å². The third-order valence-electron chi connectivity index (χ3n) is 6.96. The monoisotopic (exact) mass is 574 g/mol. The highest BCUT2D eigenvalue weighted by atomic mass is 35.5. The summed E-state index contributed by atoms with van der Waals surface area (Å²) in [6.45, 7) is 3.84. The molecule has 2 fully saturated rings. The van der Waals surface area contributed by atoms with E-state index >= 15 is 0 Å². The molecule has 0 radical (unpaired) electrons. The molecule has 0 amide bonds. The van der Waals surface area contributed by atoms with Gasteiger partial charge in [-0.3, -0.25) is 9.80 Å². The zero-order valence-electron chi connectivity index (χ0n) is 21.0. The highest BCUT2D eigenvalue weighted by molar-refractivity contribution is 8.00. The van der Waals surface area contributed by atoms with E-state index < -0.39 is 21.5 Å². The van der Waals surface area contributed by atoms with Gasteiger partial charge in [0.1, 0.15) is 11.6 Å². The van der Waals surface area contributed by atoms with Gasteiger partial charge in [0.25, 0.3) is 0 Å². The van der Waals surface area contributed by atoms with E-state index in [-0.39, 0.29) is 16.5 Å². The van der Waals surface area contributed by atoms with Crippen molar-refractivity contribution in [2.45, 2.75) is 12.6 Å². The second-order valence-electron chi connectivity index (χ2n) is 9.85. The van der Waals surface area contributed by atoms with Crippen LogP contribution in [0.3, 0.4) is 0 Å². The molecule has 200 valence electrons. The molecule has 38 heavy (non-hydrogen) atoms. The number of halogens is 3. The summed E-state index contributed by atoms with van der Waals surface area (Å²) < 4.78 is 53.3. The van der Waals surface area contributed by atoms with Gasteiger partial charge in [0.2, 0.25) is 0 Å². The molecule has 2 aliphatic heterocycles. The molecule has 1 atom stereocenters. The Balaban J connectivity index is 1.44. The first-order chi connectivity index (χ1) is 18.2. The van der Waals surface area contributed by atoms with Crippen LogP contribution >= 0.6 is 23.4 Å². The lowest BCUT2D eigenvalue weighted by Gasteiger charge is -2.42. The van der Waals surface area contributed by atoms with Crippen LogP contribution in [-0.2, 0) is 16.4 Å². The molecule has 5 rings (SSSR count). The van der Waals surface area contributed by atoms with Crippen LogP contribution < -0.4 is 0 Å². The highest BCUT2D eigenvalue weighted by Crippen LogP contribution is 2.39. The molecule has 2 saturated heterocycles. The summed E-state index contributed by atoms with van der Waals surface area (Å²) >= 11 is 8.15. The minimum Gasteiger partial charge on any atom is -0.297 e. The molecule has 0 N–H and O–H groups in total. The first-order valence-corrected chi connectivity index (χ1v) is 15.9. The second-order valence-corrected chi connectivity index (χ2v) is 13.5. The topological polar surface area (TPSA) is 40.6 Å². The number of rotatable bonds is 7. The first kappa shape index (κ1) is 27.3. The quantitative estimate of drug-likeness (QED) is 0.345. The third kappa shape index (κ3) is 6.32. The summed E-state index contributed by atoms with van der Waals surface area (Å²) in [4.78, 5) is 4.63. The maximum absolute atomic E-state index is 13.9. The van der Waals surface area contributed by atoms with Crippen molar-refractivity contribution in [3.8, 4) is 0 Å². The Kier molecular flexibility index (Phi) is 8.26. The van der Waals surface area contributed by atoms with Crippen molar-refractivity contribution in [1.29, 1.82) is 0 Å². The molecule has 0 bridgehead atoms. The van der Waals surface area contributed by atoms with E-state index in [1.54, 1.807) is 0 Å². The van der Waals surface area contributed by atoms with Gasteiger partial charge in [0, 0.05) is 61.6 Å². The lowest BCUT2D eigenvalue weighted by Crippen LogP contribution is -2.44. The van der Waals surface area contributed by atoms with E-state index in [0.29, 0.717) is 23.7 Å². The smallest absolute Gasteiger partial charge is 0.176 e. The van der Waals surface area contributed by atoms with Crippen LogP contribution in [0.15, 0.2) is 72.3 Å². The normalized spacial score (nSPS) is 17.7. The molecule has 9 heteroatoms. The van der Waals surface area contributed by atoms with Crippen molar-refractivity contribution in [2.75, 3.05) is 43.9 Å². The lowest BCUT2D eigenvalue weighted by atomic mass is 9.91. The molecule has 0 saturated carbocycles. The SMILES string of the molecule is CS(=O)(=O)C(=C1CN(C(c2ccc(Cl)cc2)c2ccc(CN3CCSCC3)cc2)C1)c1cc(F)cc(F)c1. The summed E-state index contributed by atoms with van der Waals surface area (Å²) in [5.74, 6) is 0.721. The minimum absolute atomic E-state index is 0.00273. The van der Waals surface area contributed by atoms with Crippen molar-refractivity contribution in [3.63, 3.8) is 0 Å². The van der Waals surface area contributed by atoms with Gasteiger partial charge in [-0.15, -0.1) is 0 Å². The van der Waals surface area contributed by atoms with E-state index in [1.165, 1.54) is 17.1 Å². The number of thioether (sulfide) groups is 1. The summed E-state index contributed by atoms with van der Waals surface area (Å²) in [6.07, 6.45) is 1.08. The third-order valence-corrected chi connectivity index (χ3v) is 9.42. The number of nitrogens with zero attached hydrogens (tertiary/aromatic N) is 2. The van der Waals surface area contributed by atoms with Crippen LogP contribution in [0, 0.1) is 11.6 Å². The van der Waals surface area contributed by atoms with Crippen molar-refractivity contribution in [2.24, 2.45) is 0 Å². The van der Waals surface area contributed by atoms with E-state index in [9.17, 15) is 17.2 Å². The van der Waals surface area contributed by atoms with E-state index in [0.717, 1.165) is 55.2 Å². The molecule has 3 aromatic carbocycles. The molecule has 1 unspecified atom stereocenters. The predicted molar refractivity (Wildman–Crippen MR) is 152 cm³/mol. The molecular weight excluding hydrogens is 546 g/mol. The van der Waals surface area contributed by atoms with Crippen molar-refractivity contribution < 1.29 is 17.2 Å². The predicted octanol–water partition coefficient (Wildman–Crippen LogP) is 6.03. The molecule has 4 nitrogen and oxygen atoms in total. The fourth-order valence-electron chi connectivity index (χ4n) is 5.22. The fraction of sp³-hybridized carbons (Fsp3) is 0.310. The van der Waals surface area contributed by atoms with Crippen LogP contribution in [0.4, 0.5) is 8.78 Å². The van der Waals surface area contributed by atoms with Gasteiger partial charge in [0.05, 0.1) is 10.9 Å². The average Bonchev–Trinajstić information content (AvgIpc) is 2.84. The van der Waals surface area contributed by atoms with Crippen molar-refractivity contribution >= 4 is 38.1 Å². The zero-order valence-corrected chi connectivity index (χ0v) is 23.4. The molecule has 0 spiro atoms. The zero-order chi connectivity index (χ0) is 26.9. The average molecular weight is 575 g/mol. The largest absolute Gasteiger partial charge is 0.297 e. The summed E-state index contributed by atoms with van der Waals surface area (Å²) in [5.41, 5.74) is 4.06. The molecule has 2 heterocycles. The van der Waals surface area contributed by atoms with Crippen LogP contribution in [0.25, 0.3) is 4.91 Å². The highest BCUT2D eigenvalue weighted by Gasteiger charge is 2.35. The fourth-order valence-corrected chi connectivity index (χ4v) is 7.52. The summed E-state index contributed by atoms with van der Waals surface area (Å²) in [6, 6.07) is 19.0. The molecule has 0 aromatic heterocycles. The van der Waals surface area contributed by atoms with Crippen molar-refractivity contribution in [3.05, 3.63) is 111 Å². The van der Waals surface area contributed by atoms with Gasteiger partial charge in [0.15, 0.2) is 9.84 Å². The lowest BCUT2D eigenvalue weighted by molar-refractivity contribution is 0.203. The summed E-state index contributed by atoms with van der Waals surface area (Å²) in [5, 5.41) is 0.638. The number of benzene rings is 3. The minimum atomic E-state index is -3.72. The molecule has 0 aliphatic carbocycles. The van der Waals surface area contributed by atoms with Gasteiger partial charge >= 0.3 is 0 Å². The van der Waals surface area contributed by atoms with E-state index in [4.69, 9.17) is 11.6 Å². The Morgan fingerprint density at radius 3 is 2.03 bits per heavy atom. The summed E-state index contributed by atoms with van der Waals surface area (Å²) in [7, 11) is -3.72. The maximum Gasteiger partial charge on any atom is 0.176 e. The Morgan fingerprint density at radius 2 is 1.47 bits per heavy atom. The number of likely N-dealkylation sites (tertiary alicyclic amines) is 1. The van der Waals surface area contributed by atoms with Gasteiger partial charge in [-0.25, -0.2) is 17.2 Å². The number of hydrogen-bond acceptors (Lipinski definition) is 5. The molecular formula is C29H29ClF2N2O2S2. The van der Waals surface area contributed by atoms with Crippen LogP contribution in [0.2, 0.25) is 5.02 Å². The first-order valence-electron chi connectivity index (χ1n) is 12.4. The Bertz CT molecular complexity index is 1410. The van der Waals surface area contributed by atoms with Crippen LogP contribution in [0.5, 0.6) is 0 Å². The van der Waals surface area contributed by atoms with Crippen LogP contribution in [-0.4, -0.2) is 62.2 Å². The second kappa shape index (κ2) is 11.5.